The maximum absolute atomic E-state index is 12.2. The molecule has 2 unspecified atom stereocenters. The lowest BCUT2D eigenvalue weighted by Crippen LogP contribution is -2.45. The van der Waals surface area contributed by atoms with Crippen LogP contribution in [0.15, 0.2) is 59.6 Å². The fraction of sp³-hybridized carbons (Fsp3) is 0.167. The fourth-order valence-electron chi connectivity index (χ4n) is 2.50. The summed E-state index contributed by atoms with van der Waals surface area (Å²) in [5.41, 5.74) is 1.59. The second-order valence-corrected chi connectivity index (χ2v) is 5.28. The van der Waals surface area contributed by atoms with Crippen molar-refractivity contribution in [2.75, 3.05) is 12.4 Å². The highest BCUT2D eigenvalue weighted by molar-refractivity contribution is 6.07. The number of hydrogen-bond acceptors (Lipinski definition) is 5. The van der Waals surface area contributed by atoms with Gasteiger partial charge in [0.05, 0.1) is 13.2 Å². The number of ether oxygens (including phenoxy) is 1. The zero-order chi connectivity index (χ0) is 16.9. The predicted octanol–water partition coefficient (Wildman–Crippen LogP) is 2.47. The molecule has 1 amide bonds. The Balaban J connectivity index is 1.88. The SMILES string of the molecule is COc1ccc(NC2=NC(c3ccccc3)C(C#N)C(=O)N2)cc1. The predicted molar refractivity (Wildman–Crippen MR) is 90.5 cm³/mol. The van der Waals surface area contributed by atoms with Gasteiger partial charge < -0.3 is 10.1 Å². The number of nitrogens with one attached hydrogen (secondary N) is 2. The summed E-state index contributed by atoms with van der Waals surface area (Å²) in [6.45, 7) is 0. The van der Waals surface area contributed by atoms with Crippen LogP contribution in [0.4, 0.5) is 5.69 Å². The van der Waals surface area contributed by atoms with Gasteiger partial charge in [-0.15, -0.1) is 0 Å². The maximum atomic E-state index is 12.2. The summed E-state index contributed by atoms with van der Waals surface area (Å²) in [5.74, 6) is -0.154. The minimum absolute atomic E-state index is 0.325. The Bertz CT molecular complexity index is 794. The molecular weight excluding hydrogens is 304 g/mol. The highest BCUT2D eigenvalue weighted by Gasteiger charge is 2.34. The number of carbonyl (C=O) groups is 1. The molecule has 1 aliphatic rings. The largest absolute Gasteiger partial charge is 0.497 e. The highest BCUT2D eigenvalue weighted by Crippen LogP contribution is 2.29. The number of benzene rings is 2. The van der Waals surface area contributed by atoms with Crippen molar-refractivity contribution in [1.29, 1.82) is 5.26 Å². The smallest absolute Gasteiger partial charge is 0.246 e. The van der Waals surface area contributed by atoms with Crippen LogP contribution in [0.2, 0.25) is 0 Å². The lowest BCUT2D eigenvalue weighted by Gasteiger charge is -2.25. The van der Waals surface area contributed by atoms with Gasteiger partial charge in [-0.2, -0.15) is 5.26 Å². The third-order valence-electron chi connectivity index (χ3n) is 3.74. The second kappa shape index (κ2) is 6.84. The van der Waals surface area contributed by atoms with Crippen molar-refractivity contribution in [1.82, 2.24) is 5.32 Å². The van der Waals surface area contributed by atoms with Crippen molar-refractivity contribution in [3.63, 3.8) is 0 Å². The van der Waals surface area contributed by atoms with Gasteiger partial charge in [0.1, 0.15) is 11.8 Å². The minimum Gasteiger partial charge on any atom is -0.497 e. The van der Waals surface area contributed by atoms with Gasteiger partial charge in [-0.25, -0.2) is 4.99 Å². The van der Waals surface area contributed by atoms with E-state index in [1.807, 2.05) is 48.5 Å². The lowest BCUT2D eigenvalue weighted by molar-refractivity contribution is -0.122. The maximum Gasteiger partial charge on any atom is 0.246 e. The van der Waals surface area contributed by atoms with Crippen LogP contribution in [0, 0.1) is 17.2 Å². The van der Waals surface area contributed by atoms with Crippen LogP contribution in [0.1, 0.15) is 11.6 Å². The number of nitriles is 1. The topological polar surface area (TPSA) is 86.5 Å². The van der Waals surface area contributed by atoms with Gasteiger partial charge >= 0.3 is 0 Å². The molecule has 120 valence electrons. The van der Waals surface area contributed by atoms with Gasteiger partial charge in [-0.3, -0.25) is 10.1 Å². The molecule has 0 aromatic heterocycles. The molecular formula is C18H16N4O2. The van der Waals surface area contributed by atoms with E-state index in [2.05, 4.69) is 15.6 Å². The monoisotopic (exact) mass is 320 g/mol. The summed E-state index contributed by atoms with van der Waals surface area (Å²) >= 11 is 0. The molecule has 0 fully saturated rings. The van der Waals surface area contributed by atoms with Crippen LogP contribution in [0.25, 0.3) is 0 Å². The van der Waals surface area contributed by atoms with Crippen LogP contribution in [-0.4, -0.2) is 19.0 Å². The molecule has 0 radical (unpaired) electrons. The molecule has 0 aliphatic carbocycles. The van der Waals surface area contributed by atoms with E-state index in [4.69, 9.17) is 4.74 Å². The number of methoxy groups -OCH3 is 1. The summed E-state index contributed by atoms with van der Waals surface area (Å²) in [6.07, 6.45) is 0. The van der Waals surface area contributed by atoms with Crippen molar-refractivity contribution in [2.45, 2.75) is 6.04 Å². The first-order valence-corrected chi connectivity index (χ1v) is 7.45. The van der Waals surface area contributed by atoms with Crippen LogP contribution < -0.4 is 15.4 Å². The normalized spacial score (nSPS) is 19.7. The molecule has 1 aliphatic heterocycles. The zero-order valence-corrected chi connectivity index (χ0v) is 13.1. The van der Waals surface area contributed by atoms with Gasteiger partial charge in [-0.1, -0.05) is 30.3 Å². The van der Waals surface area contributed by atoms with Crippen LogP contribution >= 0.6 is 0 Å². The van der Waals surface area contributed by atoms with E-state index < -0.39 is 12.0 Å². The van der Waals surface area contributed by atoms with E-state index in [1.54, 1.807) is 19.2 Å². The Morgan fingerprint density at radius 1 is 1.17 bits per heavy atom. The Kier molecular flexibility index (Phi) is 4.43. The Morgan fingerprint density at radius 3 is 2.50 bits per heavy atom. The van der Waals surface area contributed by atoms with E-state index in [1.165, 1.54) is 0 Å². The number of aliphatic imine (C=N–C) groups is 1. The van der Waals surface area contributed by atoms with E-state index >= 15 is 0 Å². The number of nitrogens with zero attached hydrogens (tertiary/aromatic N) is 2. The van der Waals surface area contributed by atoms with Gasteiger partial charge in [0.25, 0.3) is 0 Å². The van der Waals surface area contributed by atoms with Gasteiger partial charge in [0.15, 0.2) is 5.92 Å². The number of anilines is 1. The van der Waals surface area contributed by atoms with Crippen LogP contribution in [-0.2, 0) is 4.79 Å². The molecule has 0 bridgehead atoms. The number of carbonyl (C=O) groups excluding carboxylic acids is 1. The molecule has 2 aromatic carbocycles. The van der Waals surface area contributed by atoms with Crippen molar-refractivity contribution in [2.24, 2.45) is 10.9 Å². The third-order valence-corrected chi connectivity index (χ3v) is 3.74. The molecule has 2 atom stereocenters. The standard InChI is InChI=1S/C18H16N4O2/c1-24-14-9-7-13(8-10-14)20-18-21-16(12-5-3-2-4-6-12)15(11-19)17(23)22-18/h2-10,15-16H,1H3,(H2,20,21,22,23). The van der Waals surface area contributed by atoms with Crippen molar-refractivity contribution in [3.8, 4) is 11.8 Å². The molecule has 2 aromatic rings. The van der Waals surface area contributed by atoms with Gasteiger partial charge in [-0.05, 0) is 29.8 Å². The summed E-state index contributed by atoms with van der Waals surface area (Å²) in [7, 11) is 1.60. The zero-order valence-electron chi connectivity index (χ0n) is 13.1. The highest BCUT2D eigenvalue weighted by atomic mass is 16.5. The number of hydrogen-bond donors (Lipinski definition) is 2. The average molecular weight is 320 g/mol. The second-order valence-electron chi connectivity index (χ2n) is 5.28. The van der Waals surface area contributed by atoms with Crippen LogP contribution in [0.5, 0.6) is 5.75 Å². The molecule has 0 saturated heterocycles. The summed E-state index contributed by atoms with van der Waals surface area (Å²) in [5, 5.41) is 15.0. The molecule has 2 N–H and O–H groups in total. The first-order valence-electron chi connectivity index (χ1n) is 7.45. The van der Waals surface area contributed by atoms with E-state index in [-0.39, 0.29) is 5.91 Å². The van der Waals surface area contributed by atoms with Crippen molar-refractivity contribution in [3.05, 3.63) is 60.2 Å². The summed E-state index contributed by atoms with van der Waals surface area (Å²) in [4.78, 5) is 16.7. The first kappa shape index (κ1) is 15.6. The molecule has 3 rings (SSSR count). The average Bonchev–Trinajstić information content (AvgIpc) is 2.62. The van der Waals surface area contributed by atoms with Crippen molar-refractivity contribution < 1.29 is 9.53 Å². The molecule has 6 nitrogen and oxygen atoms in total. The molecule has 1 heterocycles. The molecule has 0 spiro atoms. The van der Waals surface area contributed by atoms with E-state index in [0.717, 1.165) is 17.0 Å². The number of amides is 1. The van der Waals surface area contributed by atoms with Crippen LogP contribution in [0.3, 0.4) is 0 Å². The van der Waals surface area contributed by atoms with E-state index in [0.29, 0.717) is 5.96 Å². The Labute approximate surface area is 139 Å². The van der Waals surface area contributed by atoms with E-state index in [9.17, 15) is 10.1 Å². The Morgan fingerprint density at radius 2 is 1.88 bits per heavy atom. The number of guanidine groups is 1. The quantitative estimate of drug-likeness (QED) is 0.909. The van der Waals surface area contributed by atoms with Crippen molar-refractivity contribution >= 4 is 17.6 Å². The van der Waals surface area contributed by atoms with Gasteiger partial charge in [0, 0.05) is 5.69 Å². The summed E-state index contributed by atoms with van der Waals surface area (Å²) < 4.78 is 5.12. The summed E-state index contributed by atoms with van der Waals surface area (Å²) in [6, 6.07) is 18.1. The minimum atomic E-state index is -0.853. The lowest BCUT2D eigenvalue weighted by atomic mass is 9.93. The first-order chi connectivity index (χ1) is 11.7. The number of rotatable bonds is 3. The fourth-order valence-corrected chi connectivity index (χ4v) is 2.50. The Hall–Kier alpha value is -3.33. The molecule has 6 heteroatoms. The third kappa shape index (κ3) is 3.20. The molecule has 0 saturated carbocycles. The van der Waals surface area contributed by atoms with Gasteiger partial charge in [0.2, 0.25) is 11.9 Å². The molecule has 24 heavy (non-hydrogen) atoms.